The molecular weight excluding hydrogens is 250 g/mol. The lowest BCUT2D eigenvalue weighted by Gasteiger charge is -2.30. The van der Waals surface area contributed by atoms with Gasteiger partial charge in [-0.3, -0.25) is 9.78 Å². The molecule has 1 aliphatic heterocycles. The zero-order chi connectivity index (χ0) is 14.8. The summed E-state index contributed by atoms with van der Waals surface area (Å²) in [5, 5.41) is 3.35. The topological polar surface area (TPSA) is 45.2 Å². The van der Waals surface area contributed by atoms with E-state index in [2.05, 4.69) is 38.0 Å². The Morgan fingerprint density at radius 3 is 2.55 bits per heavy atom. The normalized spacial score (nSPS) is 17.1. The molecule has 1 amide bonds. The maximum absolute atomic E-state index is 12.5. The highest BCUT2D eigenvalue weighted by Gasteiger charge is 2.22. The monoisotopic (exact) mass is 275 g/mol. The summed E-state index contributed by atoms with van der Waals surface area (Å²) in [7, 11) is 0. The highest BCUT2D eigenvalue weighted by Crippen LogP contribution is 2.20. The van der Waals surface area contributed by atoms with Gasteiger partial charge in [-0.25, -0.2) is 0 Å². The van der Waals surface area contributed by atoms with E-state index in [1.807, 2.05) is 11.0 Å². The lowest BCUT2D eigenvalue weighted by molar-refractivity contribution is 0.0697. The Labute approximate surface area is 121 Å². The molecule has 1 aromatic rings. The third kappa shape index (κ3) is 3.95. The minimum Gasteiger partial charge on any atom is -0.379 e. The highest BCUT2D eigenvalue weighted by atomic mass is 16.2. The number of hydrogen-bond donors (Lipinski definition) is 1. The molecule has 2 heterocycles. The van der Waals surface area contributed by atoms with Crippen molar-refractivity contribution in [2.45, 2.75) is 46.1 Å². The molecule has 2 rings (SSSR count). The lowest BCUT2D eigenvalue weighted by Crippen LogP contribution is -2.38. The second-order valence-corrected chi connectivity index (χ2v) is 6.81. The first kappa shape index (κ1) is 14.8. The van der Waals surface area contributed by atoms with E-state index < -0.39 is 0 Å². The molecule has 1 aromatic heterocycles. The van der Waals surface area contributed by atoms with Crippen LogP contribution in [0.15, 0.2) is 18.5 Å². The molecule has 110 valence electrons. The van der Waals surface area contributed by atoms with Crippen LogP contribution >= 0.6 is 0 Å². The number of amides is 1. The molecule has 0 bridgehead atoms. The Kier molecular flexibility index (Phi) is 4.31. The van der Waals surface area contributed by atoms with Crippen LogP contribution in [0, 0.1) is 5.92 Å². The number of carbonyl (C=O) groups excluding carboxylic acids is 1. The van der Waals surface area contributed by atoms with E-state index in [4.69, 9.17) is 0 Å². The molecule has 1 fully saturated rings. The first-order valence-corrected chi connectivity index (χ1v) is 7.38. The van der Waals surface area contributed by atoms with Gasteiger partial charge in [0.15, 0.2) is 0 Å². The molecule has 0 atom stereocenters. The first-order valence-electron chi connectivity index (χ1n) is 7.38. The van der Waals surface area contributed by atoms with Gasteiger partial charge in [0.05, 0.1) is 11.3 Å². The predicted octanol–water partition coefficient (Wildman–Crippen LogP) is 3.16. The van der Waals surface area contributed by atoms with Gasteiger partial charge in [-0.05, 0) is 45.6 Å². The second kappa shape index (κ2) is 5.81. The lowest BCUT2D eigenvalue weighted by atomic mass is 9.99. The van der Waals surface area contributed by atoms with E-state index in [1.165, 1.54) is 0 Å². The predicted molar refractivity (Wildman–Crippen MR) is 81.9 cm³/mol. The van der Waals surface area contributed by atoms with Crippen LogP contribution < -0.4 is 5.32 Å². The minimum absolute atomic E-state index is 0.0378. The summed E-state index contributed by atoms with van der Waals surface area (Å²) < 4.78 is 0. The number of aromatic nitrogens is 1. The minimum atomic E-state index is -0.0378. The van der Waals surface area contributed by atoms with Crippen LogP contribution in [-0.2, 0) is 0 Å². The molecular formula is C16H25N3O. The van der Waals surface area contributed by atoms with E-state index in [0.717, 1.165) is 37.5 Å². The van der Waals surface area contributed by atoms with Crippen LogP contribution in [0.25, 0.3) is 0 Å². The zero-order valence-corrected chi connectivity index (χ0v) is 12.9. The van der Waals surface area contributed by atoms with E-state index in [0.29, 0.717) is 5.56 Å². The van der Waals surface area contributed by atoms with Gasteiger partial charge in [-0.1, -0.05) is 6.92 Å². The van der Waals surface area contributed by atoms with Crippen molar-refractivity contribution in [3.63, 3.8) is 0 Å². The fourth-order valence-corrected chi connectivity index (χ4v) is 2.45. The summed E-state index contributed by atoms with van der Waals surface area (Å²) in [5.41, 5.74) is 1.53. The number of pyridine rings is 1. The van der Waals surface area contributed by atoms with E-state index in [1.54, 1.807) is 12.4 Å². The van der Waals surface area contributed by atoms with Gasteiger partial charge >= 0.3 is 0 Å². The quantitative estimate of drug-likeness (QED) is 0.901. The molecule has 1 N–H and O–H groups in total. The Bertz CT molecular complexity index is 471. The standard InChI is InChI=1S/C16H25N3O/c1-12-5-7-19(8-6-12)15(20)13-9-14(11-17-10-13)18-16(2,3)4/h9-12,18H,5-8H2,1-4H3. The Balaban J connectivity index is 2.08. The maximum atomic E-state index is 12.5. The molecule has 4 heteroatoms. The molecule has 4 nitrogen and oxygen atoms in total. The number of nitrogens with one attached hydrogen (secondary N) is 1. The van der Waals surface area contributed by atoms with Gasteiger partial charge in [0.1, 0.15) is 0 Å². The van der Waals surface area contributed by atoms with Gasteiger partial charge in [-0.2, -0.15) is 0 Å². The van der Waals surface area contributed by atoms with Crippen molar-refractivity contribution in [1.29, 1.82) is 0 Å². The van der Waals surface area contributed by atoms with E-state index >= 15 is 0 Å². The molecule has 0 aromatic carbocycles. The molecule has 0 unspecified atom stereocenters. The van der Waals surface area contributed by atoms with Gasteiger partial charge in [0, 0.05) is 31.0 Å². The molecule has 0 spiro atoms. The highest BCUT2D eigenvalue weighted by molar-refractivity contribution is 5.94. The van der Waals surface area contributed by atoms with Gasteiger partial charge in [-0.15, -0.1) is 0 Å². The summed E-state index contributed by atoms with van der Waals surface area (Å²) in [6.45, 7) is 10.2. The fourth-order valence-electron chi connectivity index (χ4n) is 2.45. The summed E-state index contributed by atoms with van der Waals surface area (Å²) in [4.78, 5) is 18.6. The average molecular weight is 275 g/mol. The Morgan fingerprint density at radius 1 is 1.30 bits per heavy atom. The SMILES string of the molecule is CC1CCN(C(=O)c2cncc(NC(C)(C)C)c2)CC1. The summed E-state index contributed by atoms with van der Waals surface area (Å²) >= 11 is 0. The van der Waals surface area contributed by atoms with E-state index in [-0.39, 0.29) is 11.4 Å². The van der Waals surface area contributed by atoms with Crippen LogP contribution in [0.4, 0.5) is 5.69 Å². The largest absolute Gasteiger partial charge is 0.379 e. The number of piperidine rings is 1. The molecule has 1 aliphatic rings. The third-order valence-electron chi connectivity index (χ3n) is 3.58. The number of carbonyl (C=O) groups is 1. The first-order chi connectivity index (χ1) is 9.35. The summed E-state index contributed by atoms with van der Waals surface area (Å²) in [6.07, 6.45) is 5.62. The Morgan fingerprint density at radius 2 is 1.95 bits per heavy atom. The average Bonchev–Trinajstić information content (AvgIpc) is 2.37. The van der Waals surface area contributed by atoms with Crippen LogP contribution in [0.2, 0.25) is 0 Å². The maximum Gasteiger partial charge on any atom is 0.255 e. The molecule has 20 heavy (non-hydrogen) atoms. The number of likely N-dealkylation sites (tertiary alicyclic amines) is 1. The number of rotatable bonds is 2. The van der Waals surface area contributed by atoms with Crippen LogP contribution in [0.5, 0.6) is 0 Å². The van der Waals surface area contributed by atoms with Crippen LogP contribution in [0.3, 0.4) is 0 Å². The molecule has 0 aliphatic carbocycles. The summed E-state index contributed by atoms with van der Waals surface area (Å²) in [6, 6.07) is 1.90. The molecule has 1 saturated heterocycles. The number of nitrogens with zero attached hydrogens (tertiary/aromatic N) is 2. The van der Waals surface area contributed by atoms with Crippen molar-refractivity contribution in [1.82, 2.24) is 9.88 Å². The molecule has 0 saturated carbocycles. The van der Waals surface area contributed by atoms with Crippen molar-refractivity contribution in [3.05, 3.63) is 24.0 Å². The van der Waals surface area contributed by atoms with Gasteiger partial charge in [0.2, 0.25) is 0 Å². The number of hydrogen-bond acceptors (Lipinski definition) is 3. The second-order valence-electron chi connectivity index (χ2n) is 6.81. The van der Waals surface area contributed by atoms with E-state index in [9.17, 15) is 4.79 Å². The van der Waals surface area contributed by atoms with Gasteiger partial charge < -0.3 is 10.2 Å². The van der Waals surface area contributed by atoms with Crippen molar-refractivity contribution in [3.8, 4) is 0 Å². The summed E-state index contributed by atoms with van der Waals surface area (Å²) in [5.74, 6) is 0.827. The zero-order valence-electron chi connectivity index (χ0n) is 12.9. The van der Waals surface area contributed by atoms with Crippen molar-refractivity contribution >= 4 is 11.6 Å². The van der Waals surface area contributed by atoms with Gasteiger partial charge in [0.25, 0.3) is 5.91 Å². The third-order valence-corrected chi connectivity index (χ3v) is 3.58. The van der Waals surface area contributed by atoms with Crippen LogP contribution in [-0.4, -0.2) is 34.4 Å². The molecule has 0 radical (unpaired) electrons. The Hall–Kier alpha value is -1.58. The van der Waals surface area contributed by atoms with Crippen LogP contribution in [0.1, 0.15) is 50.9 Å². The van der Waals surface area contributed by atoms with Crippen molar-refractivity contribution in [2.75, 3.05) is 18.4 Å². The van der Waals surface area contributed by atoms with Crippen molar-refractivity contribution < 1.29 is 4.79 Å². The van der Waals surface area contributed by atoms with Crippen molar-refractivity contribution in [2.24, 2.45) is 5.92 Å². The fraction of sp³-hybridized carbons (Fsp3) is 0.625. The number of anilines is 1. The smallest absolute Gasteiger partial charge is 0.255 e.